The van der Waals surface area contributed by atoms with Crippen LogP contribution in [0.2, 0.25) is 0 Å². The summed E-state index contributed by atoms with van der Waals surface area (Å²) in [6.45, 7) is 1.81. The lowest BCUT2D eigenvalue weighted by Gasteiger charge is -2.30. The summed E-state index contributed by atoms with van der Waals surface area (Å²) in [4.78, 5) is 11.9. The molecule has 1 heterocycles. The smallest absolute Gasteiger partial charge is 0.319 e. The van der Waals surface area contributed by atoms with Crippen molar-refractivity contribution in [3.63, 3.8) is 0 Å². The minimum atomic E-state index is -0.130. The molecule has 2 aromatic carbocycles. The number of benzene rings is 2. The predicted molar refractivity (Wildman–Crippen MR) is 107 cm³/mol. The average Bonchev–Trinajstić information content (AvgIpc) is 2.67. The molecule has 3 N–H and O–H groups in total. The van der Waals surface area contributed by atoms with Gasteiger partial charge in [-0.1, -0.05) is 48.5 Å². The van der Waals surface area contributed by atoms with Crippen LogP contribution in [0, 0.1) is 5.92 Å². The Balaban J connectivity index is 1.32. The van der Waals surface area contributed by atoms with Crippen LogP contribution in [0.1, 0.15) is 31.2 Å². The Morgan fingerprint density at radius 3 is 2.54 bits per heavy atom. The third-order valence-corrected chi connectivity index (χ3v) is 5.02. The number of piperidine rings is 1. The van der Waals surface area contributed by atoms with Crippen molar-refractivity contribution in [3.05, 3.63) is 66.2 Å². The molecule has 26 heavy (non-hydrogen) atoms. The summed E-state index contributed by atoms with van der Waals surface area (Å²) in [5.74, 6) is 0.762. The molecular weight excluding hydrogens is 322 g/mol. The van der Waals surface area contributed by atoms with Gasteiger partial charge in [-0.05, 0) is 62.3 Å². The van der Waals surface area contributed by atoms with E-state index >= 15 is 0 Å². The number of rotatable bonds is 7. The first-order chi connectivity index (χ1) is 12.8. The highest BCUT2D eigenvalue weighted by atomic mass is 16.2. The molecule has 0 aliphatic carbocycles. The van der Waals surface area contributed by atoms with Crippen molar-refractivity contribution in [3.8, 4) is 0 Å². The van der Waals surface area contributed by atoms with Crippen LogP contribution in [0.3, 0.4) is 0 Å². The van der Waals surface area contributed by atoms with E-state index in [-0.39, 0.29) is 6.03 Å². The molecule has 2 aromatic rings. The minimum Gasteiger partial charge on any atom is -0.338 e. The Labute approximate surface area is 156 Å². The third-order valence-electron chi connectivity index (χ3n) is 5.02. The molecule has 0 saturated carbocycles. The average molecular weight is 351 g/mol. The van der Waals surface area contributed by atoms with Crippen LogP contribution in [0.5, 0.6) is 0 Å². The molecule has 4 nitrogen and oxygen atoms in total. The number of urea groups is 1. The van der Waals surface area contributed by atoms with Crippen molar-refractivity contribution >= 4 is 11.7 Å². The molecule has 1 aliphatic rings. The molecule has 0 bridgehead atoms. The lowest BCUT2D eigenvalue weighted by Crippen LogP contribution is -2.39. The topological polar surface area (TPSA) is 53.2 Å². The zero-order valence-corrected chi connectivity index (χ0v) is 15.3. The molecular formula is C22H29N3O. The summed E-state index contributed by atoms with van der Waals surface area (Å²) in [7, 11) is 0. The maximum Gasteiger partial charge on any atom is 0.319 e. The highest BCUT2D eigenvalue weighted by molar-refractivity contribution is 5.89. The van der Waals surface area contributed by atoms with Gasteiger partial charge in [-0.2, -0.15) is 0 Å². The van der Waals surface area contributed by atoms with Gasteiger partial charge in [0, 0.05) is 18.3 Å². The van der Waals surface area contributed by atoms with Crippen molar-refractivity contribution in [2.45, 2.75) is 38.1 Å². The van der Waals surface area contributed by atoms with Crippen LogP contribution in [-0.2, 0) is 6.42 Å². The standard InChI is InChI=1S/C22H29N3O/c26-22(25-20-10-5-2-6-11-20)24-14-7-12-21-17-19(13-15-23-21)16-18-8-3-1-4-9-18/h1-6,8-11,19,21,23H,7,12-17H2,(H2,24,25,26). The first kappa shape index (κ1) is 18.5. The second-order valence-electron chi connectivity index (χ2n) is 7.12. The summed E-state index contributed by atoms with van der Waals surface area (Å²) in [6.07, 6.45) is 5.76. The fourth-order valence-electron chi connectivity index (χ4n) is 3.70. The first-order valence-electron chi connectivity index (χ1n) is 9.67. The van der Waals surface area contributed by atoms with Crippen LogP contribution in [0.15, 0.2) is 60.7 Å². The Morgan fingerprint density at radius 2 is 1.77 bits per heavy atom. The van der Waals surface area contributed by atoms with E-state index in [0.29, 0.717) is 12.6 Å². The predicted octanol–water partition coefficient (Wildman–Crippen LogP) is 4.20. The van der Waals surface area contributed by atoms with Gasteiger partial charge in [0.2, 0.25) is 0 Å². The van der Waals surface area contributed by atoms with Crippen molar-refractivity contribution < 1.29 is 4.79 Å². The normalized spacial score (nSPS) is 19.7. The van der Waals surface area contributed by atoms with Gasteiger partial charge in [-0.25, -0.2) is 4.79 Å². The third kappa shape index (κ3) is 6.19. The van der Waals surface area contributed by atoms with Gasteiger partial charge in [0.1, 0.15) is 0 Å². The SMILES string of the molecule is O=C(NCCCC1CC(Cc2ccccc2)CCN1)Nc1ccccc1. The number of amides is 2. The summed E-state index contributed by atoms with van der Waals surface area (Å²) in [5.41, 5.74) is 2.26. The second-order valence-corrected chi connectivity index (χ2v) is 7.12. The monoisotopic (exact) mass is 351 g/mol. The molecule has 0 aromatic heterocycles. The summed E-state index contributed by atoms with van der Waals surface area (Å²) >= 11 is 0. The molecule has 0 radical (unpaired) electrons. The Hall–Kier alpha value is -2.33. The maximum absolute atomic E-state index is 11.9. The van der Waals surface area contributed by atoms with Crippen LogP contribution >= 0.6 is 0 Å². The van der Waals surface area contributed by atoms with E-state index in [1.165, 1.54) is 24.8 Å². The zero-order chi connectivity index (χ0) is 18.0. The lowest BCUT2D eigenvalue weighted by molar-refractivity contribution is 0.250. The van der Waals surface area contributed by atoms with Crippen molar-refractivity contribution in [1.82, 2.24) is 10.6 Å². The highest BCUT2D eigenvalue weighted by Crippen LogP contribution is 2.23. The molecule has 1 fully saturated rings. The molecule has 2 unspecified atom stereocenters. The van der Waals surface area contributed by atoms with Crippen molar-refractivity contribution in [2.75, 3.05) is 18.4 Å². The fourth-order valence-corrected chi connectivity index (χ4v) is 3.70. The highest BCUT2D eigenvalue weighted by Gasteiger charge is 2.21. The molecule has 2 atom stereocenters. The molecule has 1 saturated heterocycles. The number of carbonyl (C=O) groups excluding carboxylic acids is 1. The van der Waals surface area contributed by atoms with Gasteiger partial charge in [0.05, 0.1) is 0 Å². The van der Waals surface area contributed by atoms with E-state index in [1.807, 2.05) is 30.3 Å². The van der Waals surface area contributed by atoms with Gasteiger partial charge >= 0.3 is 6.03 Å². The summed E-state index contributed by atoms with van der Waals surface area (Å²) in [6, 6.07) is 20.8. The Morgan fingerprint density at radius 1 is 1.04 bits per heavy atom. The summed E-state index contributed by atoms with van der Waals surface area (Å²) in [5, 5.41) is 9.43. The summed E-state index contributed by atoms with van der Waals surface area (Å²) < 4.78 is 0. The van der Waals surface area contributed by atoms with E-state index in [0.717, 1.165) is 31.0 Å². The number of carbonyl (C=O) groups is 1. The molecule has 2 amide bonds. The quantitative estimate of drug-likeness (QED) is 0.655. The first-order valence-corrected chi connectivity index (χ1v) is 9.67. The van der Waals surface area contributed by atoms with E-state index in [9.17, 15) is 4.79 Å². The number of nitrogens with one attached hydrogen (secondary N) is 3. The van der Waals surface area contributed by atoms with Gasteiger partial charge in [-0.15, -0.1) is 0 Å². The van der Waals surface area contributed by atoms with Crippen molar-refractivity contribution in [1.29, 1.82) is 0 Å². The van der Waals surface area contributed by atoms with Crippen LogP contribution in [-0.4, -0.2) is 25.2 Å². The van der Waals surface area contributed by atoms with Gasteiger partial charge in [0.25, 0.3) is 0 Å². The molecule has 138 valence electrons. The Kier molecular flexibility index (Phi) is 7.08. The second kappa shape index (κ2) is 9.97. The van der Waals surface area contributed by atoms with E-state index in [2.05, 4.69) is 46.3 Å². The number of hydrogen-bond acceptors (Lipinski definition) is 2. The number of anilines is 1. The lowest BCUT2D eigenvalue weighted by atomic mass is 9.86. The van der Waals surface area contributed by atoms with Gasteiger partial charge in [0.15, 0.2) is 0 Å². The van der Waals surface area contributed by atoms with E-state index in [4.69, 9.17) is 0 Å². The van der Waals surface area contributed by atoms with E-state index < -0.39 is 0 Å². The Bertz CT molecular complexity index is 660. The van der Waals surface area contributed by atoms with Gasteiger partial charge in [-0.3, -0.25) is 0 Å². The largest absolute Gasteiger partial charge is 0.338 e. The van der Waals surface area contributed by atoms with Crippen LogP contribution < -0.4 is 16.0 Å². The minimum absolute atomic E-state index is 0.130. The van der Waals surface area contributed by atoms with Crippen molar-refractivity contribution in [2.24, 2.45) is 5.92 Å². The number of para-hydroxylation sites is 1. The molecule has 4 heteroatoms. The van der Waals surface area contributed by atoms with Crippen LogP contribution in [0.25, 0.3) is 0 Å². The molecule has 3 rings (SSSR count). The number of hydrogen-bond donors (Lipinski definition) is 3. The fraction of sp³-hybridized carbons (Fsp3) is 0.409. The van der Waals surface area contributed by atoms with E-state index in [1.54, 1.807) is 0 Å². The zero-order valence-electron chi connectivity index (χ0n) is 15.3. The molecule has 1 aliphatic heterocycles. The molecule has 0 spiro atoms. The maximum atomic E-state index is 11.9. The van der Waals surface area contributed by atoms with Gasteiger partial charge < -0.3 is 16.0 Å². The van der Waals surface area contributed by atoms with Crippen LogP contribution in [0.4, 0.5) is 10.5 Å².